The van der Waals surface area contributed by atoms with Gasteiger partial charge in [-0.2, -0.15) is 5.10 Å². The van der Waals surface area contributed by atoms with E-state index in [1.165, 1.54) is 12.8 Å². The zero-order valence-electron chi connectivity index (χ0n) is 13.4. The van der Waals surface area contributed by atoms with Gasteiger partial charge in [0.1, 0.15) is 0 Å². The number of carbonyl (C=O) groups excluding carboxylic acids is 1. The minimum absolute atomic E-state index is 0.0230. The maximum absolute atomic E-state index is 12.3. The van der Waals surface area contributed by atoms with Gasteiger partial charge in [-0.1, -0.05) is 20.8 Å². The molecule has 2 rings (SSSR count). The highest BCUT2D eigenvalue weighted by Gasteiger charge is 2.30. The monoisotopic (exact) mass is 277 g/mol. The van der Waals surface area contributed by atoms with Crippen LogP contribution in [0.1, 0.15) is 62.5 Å². The highest BCUT2D eigenvalue weighted by atomic mass is 16.1. The van der Waals surface area contributed by atoms with Crippen molar-refractivity contribution in [2.24, 2.45) is 18.4 Å². The number of nitrogens with one attached hydrogen (secondary N) is 1. The Balaban J connectivity index is 1.90. The van der Waals surface area contributed by atoms with Crippen LogP contribution in [0.4, 0.5) is 0 Å². The van der Waals surface area contributed by atoms with Crippen molar-refractivity contribution in [2.45, 2.75) is 59.4 Å². The van der Waals surface area contributed by atoms with Crippen molar-refractivity contribution in [3.05, 3.63) is 17.5 Å². The van der Waals surface area contributed by atoms with Gasteiger partial charge in [0.2, 0.25) is 0 Å². The average Bonchev–Trinajstić information content (AvgIpc) is 2.68. The Bertz CT molecular complexity index is 476. The van der Waals surface area contributed by atoms with Gasteiger partial charge in [0.25, 0.3) is 5.91 Å². The van der Waals surface area contributed by atoms with Gasteiger partial charge in [0.05, 0.1) is 11.3 Å². The van der Waals surface area contributed by atoms with Crippen LogP contribution in [0.5, 0.6) is 0 Å². The number of nitrogens with zero attached hydrogens (tertiary/aromatic N) is 2. The maximum Gasteiger partial charge on any atom is 0.254 e. The molecule has 0 aliphatic heterocycles. The predicted molar refractivity (Wildman–Crippen MR) is 80.6 cm³/mol. The molecule has 4 heteroatoms. The van der Waals surface area contributed by atoms with Crippen LogP contribution in [0.15, 0.2) is 6.20 Å². The van der Waals surface area contributed by atoms with Crippen LogP contribution in [-0.2, 0) is 7.05 Å². The molecule has 1 aromatic rings. The first kappa shape index (κ1) is 15.1. The van der Waals surface area contributed by atoms with Crippen molar-refractivity contribution in [3.8, 4) is 0 Å². The zero-order chi connectivity index (χ0) is 14.9. The molecular formula is C16H27N3O. The number of hydrogen-bond donors (Lipinski definition) is 1. The smallest absolute Gasteiger partial charge is 0.254 e. The van der Waals surface area contributed by atoms with Gasteiger partial charge in [-0.05, 0) is 43.9 Å². The Hall–Kier alpha value is -1.32. The molecule has 0 aromatic carbocycles. The summed E-state index contributed by atoms with van der Waals surface area (Å²) < 4.78 is 1.70. The first-order valence-electron chi connectivity index (χ1n) is 7.58. The molecule has 0 unspecified atom stereocenters. The van der Waals surface area contributed by atoms with Crippen LogP contribution in [0, 0.1) is 18.3 Å². The Morgan fingerprint density at radius 1 is 1.30 bits per heavy atom. The normalized spacial score (nSPS) is 23.6. The second-order valence-electron chi connectivity index (χ2n) is 7.19. The van der Waals surface area contributed by atoms with Crippen LogP contribution < -0.4 is 5.32 Å². The van der Waals surface area contributed by atoms with Crippen molar-refractivity contribution < 1.29 is 4.79 Å². The van der Waals surface area contributed by atoms with Crippen molar-refractivity contribution in [2.75, 3.05) is 0 Å². The number of carbonyl (C=O) groups is 1. The standard InChI is InChI=1S/C16H27N3O/c1-11-14(10-19(5)18-11)15(20)17-13-8-6-12(7-9-13)16(2,3)4/h10,12-13H,6-9H2,1-5H3,(H,17,20). The van der Waals surface area contributed by atoms with E-state index in [0.29, 0.717) is 17.0 Å². The number of hydrogen-bond acceptors (Lipinski definition) is 2. The lowest BCUT2D eigenvalue weighted by Gasteiger charge is -2.37. The van der Waals surface area contributed by atoms with Crippen LogP contribution in [0.2, 0.25) is 0 Å². The fourth-order valence-electron chi connectivity index (χ4n) is 3.19. The van der Waals surface area contributed by atoms with E-state index in [-0.39, 0.29) is 5.91 Å². The van der Waals surface area contributed by atoms with E-state index in [0.717, 1.165) is 24.5 Å². The summed E-state index contributed by atoms with van der Waals surface area (Å²) in [5, 5.41) is 7.39. The molecule has 0 saturated heterocycles. The summed E-state index contributed by atoms with van der Waals surface area (Å²) >= 11 is 0. The molecule has 1 amide bonds. The topological polar surface area (TPSA) is 46.9 Å². The first-order valence-corrected chi connectivity index (χ1v) is 7.58. The van der Waals surface area contributed by atoms with E-state index < -0.39 is 0 Å². The van der Waals surface area contributed by atoms with Crippen LogP contribution >= 0.6 is 0 Å². The predicted octanol–water partition coefficient (Wildman–Crippen LogP) is 3.06. The van der Waals surface area contributed by atoms with Gasteiger partial charge >= 0.3 is 0 Å². The van der Waals surface area contributed by atoms with Crippen molar-refractivity contribution in [3.63, 3.8) is 0 Å². The second-order valence-corrected chi connectivity index (χ2v) is 7.19. The molecule has 0 spiro atoms. The number of rotatable bonds is 2. The lowest BCUT2D eigenvalue weighted by molar-refractivity contribution is 0.0903. The van der Waals surface area contributed by atoms with Crippen molar-refractivity contribution in [1.29, 1.82) is 0 Å². The summed E-state index contributed by atoms with van der Waals surface area (Å²) in [6.45, 7) is 8.83. The highest BCUT2D eigenvalue weighted by Crippen LogP contribution is 2.37. The van der Waals surface area contributed by atoms with Crippen LogP contribution in [0.25, 0.3) is 0 Å². The zero-order valence-corrected chi connectivity index (χ0v) is 13.4. The second kappa shape index (κ2) is 5.58. The number of aryl methyl sites for hydroxylation is 2. The van der Waals surface area contributed by atoms with E-state index in [4.69, 9.17) is 0 Å². The van der Waals surface area contributed by atoms with Crippen LogP contribution in [0.3, 0.4) is 0 Å². The summed E-state index contributed by atoms with van der Waals surface area (Å²) in [5.41, 5.74) is 1.88. The molecule has 0 atom stereocenters. The summed E-state index contributed by atoms with van der Waals surface area (Å²) in [4.78, 5) is 12.3. The van der Waals surface area contributed by atoms with Gasteiger partial charge in [-0.3, -0.25) is 9.48 Å². The summed E-state index contributed by atoms with van der Waals surface area (Å²) in [6.07, 6.45) is 6.40. The molecule has 1 saturated carbocycles. The van der Waals surface area contributed by atoms with E-state index in [1.807, 2.05) is 14.0 Å². The SMILES string of the molecule is Cc1nn(C)cc1C(=O)NC1CCC(C(C)(C)C)CC1. The molecule has 1 N–H and O–H groups in total. The molecule has 112 valence electrons. The Morgan fingerprint density at radius 3 is 2.35 bits per heavy atom. The van der Waals surface area contributed by atoms with Crippen molar-refractivity contribution >= 4 is 5.91 Å². The minimum Gasteiger partial charge on any atom is -0.349 e. The molecular weight excluding hydrogens is 250 g/mol. The third-order valence-electron chi connectivity index (χ3n) is 4.55. The molecule has 1 aliphatic rings. The lowest BCUT2D eigenvalue weighted by atomic mass is 9.71. The van der Waals surface area contributed by atoms with Gasteiger partial charge in [-0.25, -0.2) is 0 Å². The van der Waals surface area contributed by atoms with Gasteiger partial charge in [-0.15, -0.1) is 0 Å². The quantitative estimate of drug-likeness (QED) is 0.903. The largest absolute Gasteiger partial charge is 0.349 e. The number of amides is 1. The fourth-order valence-corrected chi connectivity index (χ4v) is 3.19. The molecule has 0 radical (unpaired) electrons. The van der Waals surface area contributed by atoms with E-state index in [1.54, 1.807) is 10.9 Å². The molecule has 1 heterocycles. The van der Waals surface area contributed by atoms with E-state index in [9.17, 15) is 4.79 Å². The van der Waals surface area contributed by atoms with Crippen LogP contribution in [-0.4, -0.2) is 21.7 Å². The third kappa shape index (κ3) is 3.41. The lowest BCUT2D eigenvalue weighted by Crippen LogP contribution is -2.39. The van der Waals surface area contributed by atoms with Gasteiger partial charge < -0.3 is 5.32 Å². The summed E-state index contributed by atoms with van der Waals surface area (Å²) in [5.74, 6) is 0.797. The Morgan fingerprint density at radius 2 is 1.90 bits per heavy atom. The Labute approximate surface area is 121 Å². The molecule has 4 nitrogen and oxygen atoms in total. The summed E-state index contributed by atoms with van der Waals surface area (Å²) in [6, 6.07) is 0.320. The molecule has 20 heavy (non-hydrogen) atoms. The summed E-state index contributed by atoms with van der Waals surface area (Å²) in [7, 11) is 1.85. The van der Waals surface area contributed by atoms with E-state index in [2.05, 4.69) is 31.2 Å². The maximum atomic E-state index is 12.3. The first-order chi connectivity index (χ1) is 9.27. The average molecular weight is 277 g/mol. The third-order valence-corrected chi connectivity index (χ3v) is 4.55. The van der Waals surface area contributed by atoms with Gasteiger partial charge in [0, 0.05) is 19.3 Å². The van der Waals surface area contributed by atoms with Gasteiger partial charge in [0.15, 0.2) is 0 Å². The molecule has 1 aliphatic carbocycles. The minimum atomic E-state index is 0.0230. The molecule has 1 fully saturated rings. The Kier molecular flexibility index (Phi) is 4.21. The number of aromatic nitrogens is 2. The molecule has 0 bridgehead atoms. The van der Waals surface area contributed by atoms with E-state index >= 15 is 0 Å². The highest BCUT2D eigenvalue weighted by molar-refractivity contribution is 5.95. The fraction of sp³-hybridized carbons (Fsp3) is 0.750. The molecule has 1 aromatic heterocycles. The van der Waals surface area contributed by atoms with Crippen molar-refractivity contribution in [1.82, 2.24) is 15.1 Å².